The van der Waals surface area contributed by atoms with Gasteiger partial charge in [0.25, 0.3) is 0 Å². The Balaban J connectivity index is 2.11. The molecule has 0 N–H and O–H groups in total. The molecule has 0 aliphatic rings. The van der Waals surface area contributed by atoms with Gasteiger partial charge in [-0.15, -0.1) is 0 Å². The maximum absolute atomic E-state index is 12.5. The van der Waals surface area contributed by atoms with Crippen molar-refractivity contribution in [1.82, 2.24) is 0 Å². The maximum Gasteiger partial charge on any atom is 0.170 e. The Kier molecular flexibility index (Phi) is 5.70. The molecule has 2 rings (SSSR count). The third-order valence-electron chi connectivity index (χ3n) is 3.54. The molecule has 0 fully saturated rings. The van der Waals surface area contributed by atoms with Gasteiger partial charge in [-0.25, -0.2) is 0 Å². The van der Waals surface area contributed by atoms with E-state index in [4.69, 9.17) is 4.74 Å². The zero-order valence-corrected chi connectivity index (χ0v) is 12.7. The second-order valence-corrected chi connectivity index (χ2v) is 5.06. The first-order valence-corrected chi connectivity index (χ1v) is 7.51. The van der Waals surface area contributed by atoms with Gasteiger partial charge in [-0.1, -0.05) is 61.5 Å². The highest BCUT2D eigenvalue weighted by Gasteiger charge is 2.20. The molecule has 0 aliphatic carbocycles. The number of ether oxygens (including phenoxy) is 1. The first-order chi connectivity index (χ1) is 10.2. The van der Waals surface area contributed by atoms with Crippen LogP contribution in [-0.2, 0) is 22.4 Å². The molecule has 0 aliphatic heterocycles. The molecular formula is C19H22O2. The molecule has 1 atom stereocenters. The summed E-state index contributed by atoms with van der Waals surface area (Å²) in [6.07, 6.45) is 0.950. The van der Waals surface area contributed by atoms with Gasteiger partial charge in [-0.05, 0) is 30.0 Å². The van der Waals surface area contributed by atoms with Crippen molar-refractivity contribution in [3.05, 3.63) is 71.3 Å². The van der Waals surface area contributed by atoms with Crippen LogP contribution >= 0.6 is 0 Å². The van der Waals surface area contributed by atoms with E-state index in [0.29, 0.717) is 13.0 Å². The fourth-order valence-electron chi connectivity index (χ4n) is 2.36. The summed E-state index contributed by atoms with van der Waals surface area (Å²) in [6.45, 7) is 4.57. The fraction of sp³-hybridized carbons (Fsp3) is 0.316. The van der Waals surface area contributed by atoms with Crippen LogP contribution in [0.15, 0.2) is 54.6 Å². The minimum Gasteiger partial charge on any atom is -0.366 e. The van der Waals surface area contributed by atoms with E-state index in [1.165, 1.54) is 5.56 Å². The van der Waals surface area contributed by atoms with Gasteiger partial charge in [-0.3, -0.25) is 4.79 Å². The molecule has 1 unspecified atom stereocenters. The molecule has 0 saturated heterocycles. The Bertz CT molecular complexity index is 558. The summed E-state index contributed by atoms with van der Waals surface area (Å²) in [5, 5.41) is 0. The fourth-order valence-corrected chi connectivity index (χ4v) is 2.36. The summed E-state index contributed by atoms with van der Waals surface area (Å²) in [7, 11) is 0. The normalized spacial score (nSPS) is 12.1. The van der Waals surface area contributed by atoms with Crippen molar-refractivity contribution >= 4 is 5.78 Å². The van der Waals surface area contributed by atoms with Crippen LogP contribution in [0.4, 0.5) is 0 Å². The van der Waals surface area contributed by atoms with Gasteiger partial charge in [-0.2, -0.15) is 0 Å². The van der Waals surface area contributed by atoms with Crippen molar-refractivity contribution in [2.45, 2.75) is 32.8 Å². The Hall–Kier alpha value is -1.93. The molecule has 0 amide bonds. The van der Waals surface area contributed by atoms with Gasteiger partial charge < -0.3 is 4.74 Å². The highest BCUT2D eigenvalue weighted by molar-refractivity contribution is 5.86. The first kappa shape index (κ1) is 15.5. The lowest BCUT2D eigenvalue weighted by Crippen LogP contribution is -2.18. The van der Waals surface area contributed by atoms with E-state index in [0.717, 1.165) is 17.5 Å². The summed E-state index contributed by atoms with van der Waals surface area (Å²) < 4.78 is 5.66. The van der Waals surface area contributed by atoms with Crippen molar-refractivity contribution < 1.29 is 9.53 Å². The molecule has 0 bridgehead atoms. The number of hydrogen-bond donors (Lipinski definition) is 0. The summed E-state index contributed by atoms with van der Waals surface area (Å²) >= 11 is 0. The zero-order chi connectivity index (χ0) is 15.1. The molecule has 2 aromatic rings. The number of benzene rings is 2. The highest BCUT2D eigenvalue weighted by atomic mass is 16.5. The van der Waals surface area contributed by atoms with Crippen LogP contribution in [0.5, 0.6) is 0 Å². The van der Waals surface area contributed by atoms with Gasteiger partial charge in [0.15, 0.2) is 5.78 Å². The topological polar surface area (TPSA) is 26.3 Å². The molecule has 0 spiro atoms. The van der Waals surface area contributed by atoms with Crippen LogP contribution in [0.2, 0.25) is 0 Å². The van der Waals surface area contributed by atoms with E-state index in [1.807, 2.05) is 49.4 Å². The van der Waals surface area contributed by atoms with Crippen LogP contribution in [0, 0.1) is 0 Å². The predicted molar refractivity (Wildman–Crippen MR) is 85.3 cm³/mol. The molecule has 21 heavy (non-hydrogen) atoms. The monoisotopic (exact) mass is 282 g/mol. The number of hydrogen-bond acceptors (Lipinski definition) is 2. The van der Waals surface area contributed by atoms with E-state index in [-0.39, 0.29) is 5.78 Å². The summed E-state index contributed by atoms with van der Waals surface area (Å²) in [5.41, 5.74) is 3.25. The number of rotatable bonds is 7. The molecule has 0 heterocycles. The lowest BCUT2D eigenvalue weighted by molar-refractivity contribution is -0.130. The summed E-state index contributed by atoms with van der Waals surface area (Å²) in [5.74, 6) is 0.104. The van der Waals surface area contributed by atoms with Gasteiger partial charge >= 0.3 is 0 Å². The van der Waals surface area contributed by atoms with Gasteiger partial charge in [0, 0.05) is 13.0 Å². The molecule has 0 radical (unpaired) electrons. The summed E-state index contributed by atoms with van der Waals surface area (Å²) in [4.78, 5) is 12.5. The van der Waals surface area contributed by atoms with E-state index >= 15 is 0 Å². The molecule has 2 nitrogen and oxygen atoms in total. The Morgan fingerprint density at radius 2 is 1.57 bits per heavy atom. The standard InChI is InChI=1S/C19H22O2/c1-3-15-10-12-16(13-11-15)14-18(20)19(21-4-2)17-8-6-5-7-9-17/h5-13,19H,3-4,14H2,1-2H3. The SMILES string of the molecule is CCOC(C(=O)Cc1ccc(CC)cc1)c1ccccc1. The molecular weight excluding hydrogens is 260 g/mol. The van der Waals surface area contributed by atoms with E-state index < -0.39 is 6.10 Å². The Morgan fingerprint density at radius 1 is 0.952 bits per heavy atom. The number of carbonyl (C=O) groups is 1. The number of carbonyl (C=O) groups excluding carboxylic acids is 1. The molecule has 0 saturated carbocycles. The number of aryl methyl sites for hydroxylation is 1. The van der Waals surface area contributed by atoms with Crippen LogP contribution in [-0.4, -0.2) is 12.4 Å². The largest absolute Gasteiger partial charge is 0.366 e. The minimum absolute atomic E-state index is 0.104. The van der Waals surface area contributed by atoms with Crippen molar-refractivity contribution in [2.75, 3.05) is 6.61 Å². The Morgan fingerprint density at radius 3 is 2.14 bits per heavy atom. The van der Waals surface area contributed by atoms with Crippen LogP contribution in [0.25, 0.3) is 0 Å². The number of ketones is 1. The first-order valence-electron chi connectivity index (χ1n) is 7.51. The zero-order valence-electron chi connectivity index (χ0n) is 12.7. The Labute approximate surface area is 126 Å². The van der Waals surface area contributed by atoms with E-state index in [9.17, 15) is 4.79 Å². The lowest BCUT2D eigenvalue weighted by Gasteiger charge is -2.16. The van der Waals surface area contributed by atoms with Crippen molar-refractivity contribution in [2.24, 2.45) is 0 Å². The second kappa shape index (κ2) is 7.75. The van der Waals surface area contributed by atoms with Crippen LogP contribution < -0.4 is 0 Å². The van der Waals surface area contributed by atoms with Gasteiger partial charge in [0.05, 0.1) is 0 Å². The highest BCUT2D eigenvalue weighted by Crippen LogP contribution is 2.20. The molecule has 110 valence electrons. The molecule has 0 aromatic heterocycles. The van der Waals surface area contributed by atoms with Gasteiger partial charge in [0.1, 0.15) is 6.10 Å². The number of Topliss-reactive ketones (excluding diaryl/α,β-unsaturated/α-hetero) is 1. The van der Waals surface area contributed by atoms with Gasteiger partial charge in [0.2, 0.25) is 0 Å². The lowest BCUT2D eigenvalue weighted by atomic mass is 9.99. The predicted octanol–water partition coefficient (Wildman–Crippen LogP) is 4.14. The van der Waals surface area contributed by atoms with Crippen molar-refractivity contribution in [3.8, 4) is 0 Å². The quantitative estimate of drug-likeness (QED) is 0.763. The third-order valence-corrected chi connectivity index (χ3v) is 3.54. The molecule has 2 aromatic carbocycles. The van der Waals surface area contributed by atoms with E-state index in [1.54, 1.807) is 0 Å². The van der Waals surface area contributed by atoms with Crippen LogP contribution in [0.3, 0.4) is 0 Å². The second-order valence-electron chi connectivity index (χ2n) is 5.06. The average Bonchev–Trinajstić information content (AvgIpc) is 2.54. The average molecular weight is 282 g/mol. The van der Waals surface area contributed by atoms with Crippen molar-refractivity contribution in [1.29, 1.82) is 0 Å². The smallest absolute Gasteiger partial charge is 0.170 e. The van der Waals surface area contributed by atoms with Crippen LogP contribution in [0.1, 0.15) is 36.6 Å². The third kappa shape index (κ3) is 4.27. The summed E-state index contributed by atoms with van der Waals surface area (Å²) in [6, 6.07) is 17.9. The van der Waals surface area contributed by atoms with Crippen molar-refractivity contribution in [3.63, 3.8) is 0 Å². The molecule has 2 heteroatoms. The maximum atomic E-state index is 12.5. The van der Waals surface area contributed by atoms with E-state index in [2.05, 4.69) is 19.1 Å². The minimum atomic E-state index is -0.470.